The Bertz CT molecular complexity index is 196. The highest BCUT2D eigenvalue weighted by Gasteiger charge is 2.33. The predicted molar refractivity (Wildman–Crippen MR) is 59.6 cm³/mol. The minimum atomic E-state index is -0.550. The van der Waals surface area contributed by atoms with E-state index in [-0.39, 0.29) is 6.61 Å². The smallest absolute Gasteiger partial charge is 0.0897 e. The number of aliphatic hydroxyl groups excluding tert-OH is 2. The van der Waals surface area contributed by atoms with Crippen molar-refractivity contribution in [3.05, 3.63) is 0 Å². The lowest BCUT2D eigenvalue weighted by atomic mass is 9.78. The fourth-order valence-corrected chi connectivity index (χ4v) is 3.28. The van der Waals surface area contributed by atoms with Crippen LogP contribution in [-0.4, -0.2) is 47.0 Å². The fourth-order valence-electron chi connectivity index (χ4n) is 3.28. The Hall–Kier alpha value is -0.120. The normalized spacial score (nSPS) is 34.8. The largest absolute Gasteiger partial charge is 0.394 e. The van der Waals surface area contributed by atoms with Gasteiger partial charge in [0.15, 0.2) is 0 Å². The van der Waals surface area contributed by atoms with Crippen molar-refractivity contribution in [2.24, 2.45) is 5.92 Å². The third kappa shape index (κ3) is 2.71. The maximum Gasteiger partial charge on any atom is 0.0897 e. The molecule has 0 amide bonds. The quantitative estimate of drug-likeness (QED) is 0.735. The molecule has 2 N–H and O–H groups in total. The van der Waals surface area contributed by atoms with Crippen LogP contribution in [0.2, 0.25) is 0 Å². The second kappa shape index (κ2) is 5.28. The summed E-state index contributed by atoms with van der Waals surface area (Å²) < 4.78 is 0. The highest BCUT2D eigenvalue weighted by atomic mass is 16.3. The summed E-state index contributed by atoms with van der Waals surface area (Å²) in [7, 11) is 0. The van der Waals surface area contributed by atoms with E-state index >= 15 is 0 Å². The van der Waals surface area contributed by atoms with Crippen LogP contribution in [0, 0.1) is 5.92 Å². The van der Waals surface area contributed by atoms with Gasteiger partial charge >= 0.3 is 0 Å². The first-order valence-electron chi connectivity index (χ1n) is 6.34. The van der Waals surface area contributed by atoms with Crippen molar-refractivity contribution in [2.75, 3.05) is 19.7 Å². The molecule has 2 aliphatic rings. The molecule has 0 bridgehead atoms. The van der Waals surface area contributed by atoms with Crippen molar-refractivity contribution < 1.29 is 10.2 Å². The van der Waals surface area contributed by atoms with Gasteiger partial charge in [-0.1, -0.05) is 12.8 Å². The molecule has 1 saturated heterocycles. The Labute approximate surface area is 92.1 Å². The number of hydrogen-bond acceptors (Lipinski definition) is 3. The summed E-state index contributed by atoms with van der Waals surface area (Å²) in [6.45, 7) is 1.67. The molecule has 1 aliphatic carbocycles. The highest BCUT2D eigenvalue weighted by Crippen LogP contribution is 2.35. The third-order valence-electron chi connectivity index (χ3n) is 4.01. The summed E-state index contributed by atoms with van der Waals surface area (Å²) >= 11 is 0. The van der Waals surface area contributed by atoms with Gasteiger partial charge in [0.05, 0.1) is 12.7 Å². The summed E-state index contributed by atoms with van der Waals surface area (Å²) in [5.41, 5.74) is 0. The molecule has 15 heavy (non-hydrogen) atoms. The van der Waals surface area contributed by atoms with E-state index in [0.29, 0.717) is 12.6 Å². The lowest BCUT2D eigenvalue weighted by Crippen LogP contribution is -2.49. The molecular formula is C12H23NO2. The second-order valence-corrected chi connectivity index (χ2v) is 5.09. The number of piperidine rings is 1. The topological polar surface area (TPSA) is 43.7 Å². The van der Waals surface area contributed by atoms with E-state index in [0.717, 1.165) is 12.5 Å². The first-order valence-corrected chi connectivity index (χ1v) is 6.34. The molecule has 3 atom stereocenters. The maximum absolute atomic E-state index is 9.51. The van der Waals surface area contributed by atoms with E-state index in [1.807, 2.05) is 0 Å². The van der Waals surface area contributed by atoms with Crippen LogP contribution in [0.3, 0.4) is 0 Å². The maximum atomic E-state index is 9.51. The molecule has 0 aromatic carbocycles. The second-order valence-electron chi connectivity index (χ2n) is 5.09. The van der Waals surface area contributed by atoms with E-state index in [1.165, 1.54) is 38.5 Å². The summed E-state index contributed by atoms with van der Waals surface area (Å²) in [6, 6.07) is 0.689. The van der Waals surface area contributed by atoms with Crippen LogP contribution in [0.1, 0.15) is 38.5 Å². The van der Waals surface area contributed by atoms with Crippen LogP contribution < -0.4 is 0 Å². The molecule has 0 spiro atoms. The van der Waals surface area contributed by atoms with Gasteiger partial charge in [0.25, 0.3) is 0 Å². The van der Waals surface area contributed by atoms with Crippen LogP contribution in [0.5, 0.6) is 0 Å². The number of aliphatic hydroxyl groups is 2. The van der Waals surface area contributed by atoms with Gasteiger partial charge in [-0.25, -0.2) is 0 Å². The number of hydrogen-bond donors (Lipinski definition) is 2. The summed E-state index contributed by atoms with van der Waals surface area (Å²) in [5, 5.41) is 18.4. The lowest BCUT2D eigenvalue weighted by Gasteiger charge is -2.44. The van der Waals surface area contributed by atoms with Crippen LogP contribution in [-0.2, 0) is 0 Å². The van der Waals surface area contributed by atoms with Crippen LogP contribution >= 0.6 is 0 Å². The van der Waals surface area contributed by atoms with Crippen molar-refractivity contribution in [2.45, 2.75) is 50.7 Å². The molecule has 1 heterocycles. The Morgan fingerprint density at radius 2 is 1.87 bits per heavy atom. The summed E-state index contributed by atoms with van der Waals surface area (Å²) in [6.07, 6.45) is 7.48. The Morgan fingerprint density at radius 1 is 1.13 bits per heavy atom. The lowest BCUT2D eigenvalue weighted by molar-refractivity contribution is 0.00266. The molecule has 3 heteroatoms. The van der Waals surface area contributed by atoms with Gasteiger partial charge in [-0.05, 0) is 38.1 Å². The van der Waals surface area contributed by atoms with E-state index in [4.69, 9.17) is 5.11 Å². The molecule has 0 aromatic rings. The number of nitrogens with zero attached hydrogens (tertiary/aromatic N) is 1. The van der Waals surface area contributed by atoms with Crippen molar-refractivity contribution in [3.8, 4) is 0 Å². The van der Waals surface area contributed by atoms with Crippen molar-refractivity contribution in [1.29, 1.82) is 0 Å². The minimum absolute atomic E-state index is 0.103. The highest BCUT2D eigenvalue weighted by molar-refractivity contribution is 4.87. The Balaban J connectivity index is 1.91. The zero-order chi connectivity index (χ0) is 10.7. The van der Waals surface area contributed by atoms with Gasteiger partial charge in [0, 0.05) is 12.6 Å². The van der Waals surface area contributed by atoms with Crippen LogP contribution in [0.4, 0.5) is 0 Å². The molecule has 1 saturated carbocycles. The summed E-state index contributed by atoms with van der Waals surface area (Å²) in [4.78, 5) is 2.41. The first kappa shape index (κ1) is 11.4. The molecule has 0 aromatic heterocycles. The van der Waals surface area contributed by atoms with Gasteiger partial charge in [-0.3, -0.25) is 4.90 Å². The molecule has 0 radical (unpaired) electrons. The first-order chi connectivity index (χ1) is 7.31. The third-order valence-corrected chi connectivity index (χ3v) is 4.01. The monoisotopic (exact) mass is 213 g/mol. The van der Waals surface area contributed by atoms with Crippen LogP contribution in [0.15, 0.2) is 0 Å². The van der Waals surface area contributed by atoms with Gasteiger partial charge < -0.3 is 10.2 Å². The minimum Gasteiger partial charge on any atom is -0.394 e. The SMILES string of the molecule is OCC(O)CN1CCC[C@H]2CCCC[C@H]21. The van der Waals surface area contributed by atoms with E-state index in [1.54, 1.807) is 0 Å². The zero-order valence-electron chi connectivity index (χ0n) is 9.44. The molecular weight excluding hydrogens is 190 g/mol. The van der Waals surface area contributed by atoms with Crippen molar-refractivity contribution in [1.82, 2.24) is 4.90 Å². The standard InChI is InChI=1S/C12H23NO2/c14-9-11(15)8-13-7-3-5-10-4-1-2-6-12(10)13/h10-12,14-15H,1-9H2/t10-,11?,12-/m1/s1. The molecule has 88 valence electrons. The Kier molecular flexibility index (Phi) is 4.00. The molecule has 2 fully saturated rings. The average molecular weight is 213 g/mol. The van der Waals surface area contributed by atoms with Crippen molar-refractivity contribution in [3.63, 3.8) is 0 Å². The van der Waals surface area contributed by atoms with Crippen LogP contribution in [0.25, 0.3) is 0 Å². The van der Waals surface area contributed by atoms with E-state index < -0.39 is 6.10 Å². The van der Waals surface area contributed by atoms with E-state index in [2.05, 4.69) is 4.90 Å². The molecule has 1 aliphatic heterocycles. The molecule has 1 unspecified atom stereocenters. The molecule has 3 nitrogen and oxygen atoms in total. The van der Waals surface area contributed by atoms with Gasteiger partial charge in [0.2, 0.25) is 0 Å². The fraction of sp³-hybridized carbons (Fsp3) is 1.00. The van der Waals surface area contributed by atoms with Gasteiger partial charge in [-0.15, -0.1) is 0 Å². The van der Waals surface area contributed by atoms with Crippen molar-refractivity contribution >= 4 is 0 Å². The van der Waals surface area contributed by atoms with E-state index in [9.17, 15) is 5.11 Å². The number of likely N-dealkylation sites (tertiary alicyclic amines) is 1. The Morgan fingerprint density at radius 3 is 2.67 bits per heavy atom. The van der Waals surface area contributed by atoms with Gasteiger partial charge in [-0.2, -0.15) is 0 Å². The number of β-amino-alcohol motifs (C(OH)–C–C–N with tert-alkyl or cyclic N) is 1. The molecule has 2 rings (SSSR count). The predicted octanol–water partition coefficient (Wildman–Crippen LogP) is 0.994. The summed E-state index contributed by atoms with van der Waals surface area (Å²) in [5.74, 6) is 0.860. The number of fused-ring (bicyclic) bond motifs is 1. The van der Waals surface area contributed by atoms with Gasteiger partial charge in [0.1, 0.15) is 0 Å². The number of rotatable bonds is 3. The average Bonchev–Trinajstić information content (AvgIpc) is 2.29. The zero-order valence-corrected chi connectivity index (χ0v) is 9.44.